The monoisotopic (exact) mass is 365 g/mol. The normalized spacial score (nSPS) is 10.4. The molecule has 0 saturated heterocycles. The van der Waals surface area contributed by atoms with Gasteiger partial charge in [-0.3, -0.25) is 4.79 Å². The molecule has 0 unspecified atom stereocenters. The number of nitrogens with one attached hydrogen (secondary N) is 1. The average Bonchev–Trinajstić information content (AvgIpc) is 2.65. The van der Waals surface area contributed by atoms with E-state index in [1.54, 1.807) is 37.3 Å². The highest BCUT2D eigenvalue weighted by molar-refractivity contribution is 6.32. The Morgan fingerprint density at radius 3 is 2.77 bits per heavy atom. The average molecular weight is 366 g/mol. The first-order chi connectivity index (χ1) is 12.5. The lowest BCUT2D eigenvalue weighted by Gasteiger charge is -2.11. The third-order valence-electron chi connectivity index (χ3n) is 4.19. The maximum absolute atomic E-state index is 11.6. The van der Waals surface area contributed by atoms with Crippen molar-refractivity contribution in [3.63, 3.8) is 0 Å². The summed E-state index contributed by atoms with van der Waals surface area (Å²) in [6, 6.07) is 14.4. The summed E-state index contributed by atoms with van der Waals surface area (Å²) in [4.78, 5) is 11.6. The summed E-state index contributed by atoms with van der Waals surface area (Å²) in [6.07, 6.45) is 0.537. The number of aromatic nitrogens is 2. The molecule has 1 heterocycles. The van der Waals surface area contributed by atoms with Gasteiger partial charge in [0.2, 0.25) is 0 Å². The van der Waals surface area contributed by atoms with E-state index in [0.29, 0.717) is 34.1 Å². The number of nitrogens with zero attached hydrogens (tertiary/aromatic N) is 2. The van der Waals surface area contributed by atoms with Crippen LogP contribution in [-0.4, -0.2) is 10.2 Å². The van der Waals surface area contributed by atoms with Crippen molar-refractivity contribution in [2.75, 3.05) is 0 Å². The Hall–Kier alpha value is -3.10. The smallest absolute Gasteiger partial charge is 0.267 e. The molecule has 0 bridgehead atoms. The fourth-order valence-corrected chi connectivity index (χ4v) is 2.69. The standard InChI is InChI=1S/C20H16ClN3O2/c1-12-13(2)20(25)24-23-18(12)9-14-6-7-17(21)19(10-14)26-16-5-3-4-15(8-16)11-22/h3-8,10H,9H2,1-2H3,(H,24,25). The van der Waals surface area contributed by atoms with Crippen molar-refractivity contribution in [2.45, 2.75) is 20.3 Å². The van der Waals surface area contributed by atoms with Crippen LogP contribution < -0.4 is 10.3 Å². The first kappa shape index (κ1) is 17.7. The highest BCUT2D eigenvalue weighted by atomic mass is 35.5. The zero-order valence-electron chi connectivity index (χ0n) is 14.3. The molecule has 0 aliphatic rings. The molecule has 0 saturated carbocycles. The highest BCUT2D eigenvalue weighted by Crippen LogP contribution is 2.31. The number of aromatic amines is 1. The second-order valence-electron chi connectivity index (χ2n) is 5.93. The third-order valence-corrected chi connectivity index (χ3v) is 4.50. The molecule has 2 aromatic carbocycles. The summed E-state index contributed by atoms with van der Waals surface area (Å²) >= 11 is 6.25. The van der Waals surface area contributed by atoms with Crippen LogP contribution in [0, 0.1) is 25.2 Å². The van der Waals surface area contributed by atoms with Crippen LogP contribution in [0.2, 0.25) is 5.02 Å². The molecule has 0 aliphatic heterocycles. The molecule has 130 valence electrons. The zero-order chi connectivity index (χ0) is 18.7. The van der Waals surface area contributed by atoms with Crippen molar-refractivity contribution >= 4 is 11.6 Å². The SMILES string of the molecule is Cc1c(Cc2ccc(Cl)c(Oc3cccc(C#N)c3)c2)n[nH]c(=O)c1C. The number of H-pyrrole nitrogens is 1. The van der Waals surface area contributed by atoms with Crippen molar-refractivity contribution in [1.82, 2.24) is 10.2 Å². The molecule has 3 aromatic rings. The van der Waals surface area contributed by atoms with Crippen molar-refractivity contribution < 1.29 is 4.74 Å². The molecule has 3 rings (SSSR count). The van der Waals surface area contributed by atoms with Crippen molar-refractivity contribution in [3.8, 4) is 17.6 Å². The lowest BCUT2D eigenvalue weighted by molar-refractivity contribution is 0.482. The Morgan fingerprint density at radius 1 is 1.19 bits per heavy atom. The van der Waals surface area contributed by atoms with E-state index in [4.69, 9.17) is 21.6 Å². The predicted octanol–water partition coefficient (Wildman–Crippen LogP) is 4.29. The molecule has 5 nitrogen and oxygen atoms in total. The highest BCUT2D eigenvalue weighted by Gasteiger charge is 2.10. The summed E-state index contributed by atoms with van der Waals surface area (Å²) in [7, 11) is 0. The van der Waals surface area contributed by atoms with E-state index in [1.807, 2.05) is 19.1 Å². The summed E-state index contributed by atoms with van der Waals surface area (Å²) in [5, 5.41) is 16.1. The van der Waals surface area contributed by atoms with Crippen LogP contribution >= 0.6 is 11.6 Å². The van der Waals surface area contributed by atoms with Gasteiger partial charge in [0.05, 0.1) is 22.3 Å². The van der Waals surface area contributed by atoms with Gasteiger partial charge in [0.1, 0.15) is 11.5 Å². The lowest BCUT2D eigenvalue weighted by Crippen LogP contribution is -2.16. The maximum Gasteiger partial charge on any atom is 0.267 e. The molecule has 0 radical (unpaired) electrons. The fourth-order valence-electron chi connectivity index (χ4n) is 2.53. The van der Waals surface area contributed by atoms with Gasteiger partial charge in [0, 0.05) is 12.0 Å². The van der Waals surface area contributed by atoms with E-state index in [1.165, 1.54) is 0 Å². The van der Waals surface area contributed by atoms with E-state index >= 15 is 0 Å². The van der Waals surface area contributed by atoms with Crippen LogP contribution in [0.15, 0.2) is 47.3 Å². The van der Waals surface area contributed by atoms with Crippen LogP contribution in [-0.2, 0) is 6.42 Å². The molecule has 0 atom stereocenters. The Morgan fingerprint density at radius 2 is 2.00 bits per heavy atom. The summed E-state index contributed by atoms with van der Waals surface area (Å²) in [5.74, 6) is 1.04. The van der Waals surface area contributed by atoms with Gasteiger partial charge in [-0.25, -0.2) is 5.10 Å². The number of rotatable bonds is 4. The molecule has 0 spiro atoms. The van der Waals surface area contributed by atoms with Crippen LogP contribution in [0.4, 0.5) is 0 Å². The Bertz CT molecular complexity index is 1070. The summed E-state index contributed by atoms with van der Waals surface area (Å²) in [6.45, 7) is 3.66. The van der Waals surface area contributed by atoms with E-state index in [9.17, 15) is 4.79 Å². The topological polar surface area (TPSA) is 78.8 Å². The Kier molecular flexibility index (Phi) is 5.06. The van der Waals surface area contributed by atoms with Gasteiger partial charge in [-0.15, -0.1) is 0 Å². The minimum absolute atomic E-state index is 0.177. The molecule has 1 N–H and O–H groups in total. The minimum atomic E-state index is -0.177. The Balaban J connectivity index is 1.89. The van der Waals surface area contributed by atoms with E-state index in [0.717, 1.165) is 16.8 Å². The van der Waals surface area contributed by atoms with Crippen molar-refractivity contribution in [1.29, 1.82) is 5.26 Å². The molecule has 0 amide bonds. The van der Waals surface area contributed by atoms with Crippen LogP contribution in [0.5, 0.6) is 11.5 Å². The second-order valence-corrected chi connectivity index (χ2v) is 6.34. The summed E-state index contributed by atoms with van der Waals surface area (Å²) < 4.78 is 5.84. The lowest BCUT2D eigenvalue weighted by atomic mass is 10.0. The Labute approximate surface area is 155 Å². The molecule has 0 fully saturated rings. The second kappa shape index (κ2) is 7.42. The molecule has 6 heteroatoms. The number of hydrogen-bond acceptors (Lipinski definition) is 4. The van der Waals surface area contributed by atoms with Gasteiger partial charge >= 0.3 is 0 Å². The fraction of sp³-hybridized carbons (Fsp3) is 0.150. The first-order valence-corrected chi connectivity index (χ1v) is 8.37. The minimum Gasteiger partial charge on any atom is -0.456 e. The van der Waals surface area contributed by atoms with Gasteiger partial charge in [0.15, 0.2) is 0 Å². The number of benzene rings is 2. The number of halogens is 1. The predicted molar refractivity (Wildman–Crippen MR) is 99.8 cm³/mol. The van der Waals surface area contributed by atoms with Gasteiger partial charge in [-0.05, 0) is 55.3 Å². The van der Waals surface area contributed by atoms with Gasteiger partial charge < -0.3 is 4.74 Å². The first-order valence-electron chi connectivity index (χ1n) is 7.99. The third kappa shape index (κ3) is 3.76. The molecule has 1 aromatic heterocycles. The van der Waals surface area contributed by atoms with Crippen LogP contribution in [0.3, 0.4) is 0 Å². The largest absolute Gasteiger partial charge is 0.456 e. The van der Waals surface area contributed by atoms with Crippen LogP contribution in [0.25, 0.3) is 0 Å². The van der Waals surface area contributed by atoms with E-state index < -0.39 is 0 Å². The van der Waals surface area contributed by atoms with Gasteiger partial charge in [0.25, 0.3) is 5.56 Å². The summed E-state index contributed by atoms with van der Waals surface area (Å²) in [5.41, 5.74) is 3.61. The molecule has 26 heavy (non-hydrogen) atoms. The quantitative estimate of drug-likeness (QED) is 0.747. The number of nitriles is 1. The zero-order valence-corrected chi connectivity index (χ0v) is 15.1. The van der Waals surface area contributed by atoms with E-state index in [2.05, 4.69) is 16.3 Å². The van der Waals surface area contributed by atoms with E-state index in [-0.39, 0.29) is 5.56 Å². The number of ether oxygens (including phenoxy) is 1. The van der Waals surface area contributed by atoms with Gasteiger partial charge in [-0.2, -0.15) is 10.4 Å². The molecular formula is C20H16ClN3O2. The molecular weight excluding hydrogens is 350 g/mol. The van der Waals surface area contributed by atoms with Gasteiger partial charge in [-0.1, -0.05) is 23.7 Å². The van der Waals surface area contributed by atoms with Crippen molar-refractivity contribution in [3.05, 3.63) is 85.8 Å². The molecule has 0 aliphatic carbocycles. The number of hydrogen-bond donors (Lipinski definition) is 1. The maximum atomic E-state index is 11.6. The van der Waals surface area contributed by atoms with Crippen molar-refractivity contribution in [2.24, 2.45) is 0 Å². The van der Waals surface area contributed by atoms with Crippen LogP contribution in [0.1, 0.15) is 27.9 Å².